The normalized spacial score (nSPS) is 13.6. The maximum Gasteiger partial charge on any atom is 0.162 e. The zero-order chi connectivity index (χ0) is 14.2. The molecular formula is C16H15N3O2. The summed E-state index contributed by atoms with van der Waals surface area (Å²) >= 11 is 0. The molecule has 0 aliphatic carbocycles. The fourth-order valence-electron chi connectivity index (χ4n) is 2.51. The first-order chi connectivity index (χ1) is 10.3. The Morgan fingerprint density at radius 1 is 1.05 bits per heavy atom. The van der Waals surface area contributed by atoms with E-state index in [2.05, 4.69) is 9.97 Å². The minimum absolute atomic E-state index is 0.522. The highest BCUT2D eigenvalue weighted by Crippen LogP contribution is 2.34. The van der Waals surface area contributed by atoms with Crippen molar-refractivity contribution >= 4 is 11.0 Å². The number of H-pyrrole nitrogens is 1. The summed E-state index contributed by atoms with van der Waals surface area (Å²) in [6.45, 7) is 1.70. The van der Waals surface area contributed by atoms with Crippen molar-refractivity contribution in [2.75, 3.05) is 13.2 Å². The van der Waals surface area contributed by atoms with E-state index in [4.69, 9.17) is 15.2 Å². The van der Waals surface area contributed by atoms with E-state index in [9.17, 15) is 0 Å². The van der Waals surface area contributed by atoms with Crippen LogP contribution in [0.4, 0.5) is 0 Å². The van der Waals surface area contributed by atoms with Gasteiger partial charge in [-0.2, -0.15) is 0 Å². The van der Waals surface area contributed by atoms with Gasteiger partial charge in [-0.05, 0) is 35.9 Å². The molecule has 3 aromatic rings. The summed E-state index contributed by atoms with van der Waals surface area (Å²) < 4.78 is 11.1. The number of imidazole rings is 1. The van der Waals surface area contributed by atoms with E-state index in [0.29, 0.717) is 19.8 Å². The first kappa shape index (κ1) is 12.2. The Balaban J connectivity index is 1.78. The van der Waals surface area contributed by atoms with Gasteiger partial charge in [0.1, 0.15) is 19.0 Å². The number of benzene rings is 2. The molecule has 2 aromatic carbocycles. The van der Waals surface area contributed by atoms with Gasteiger partial charge in [0, 0.05) is 12.1 Å². The molecular weight excluding hydrogens is 266 g/mol. The number of fused-ring (bicyclic) bond motifs is 2. The Hall–Kier alpha value is -2.53. The van der Waals surface area contributed by atoms with Crippen LogP contribution >= 0.6 is 0 Å². The van der Waals surface area contributed by atoms with E-state index in [1.807, 2.05) is 36.4 Å². The topological polar surface area (TPSA) is 73.2 Å². The van der Waals surface area contributed by atoms with E-state index in [-0.39, 0.29) is 0 Å². The van der Waals surface area contributed by atoms with E-state index >= 15 is 0 Å². The third kappa shape index (κ3) is 2.11. The molecule has 1 aliphatic heterocycles. The largest absolute Gasteiger partial charge is 0.486 e. The Morgan fingerprint density at radius 3 is 2.76 bits per heavy atom. The van der Waals surface area contributed by atoms with Crippen molar-refractivity contribution in [3.8, 4) is 22.9 Å². The number of rotatable bonds is 2. The van der Waals surface area contributed by atoms with Gasteiger partial charge in [0.25, 0.3) is 0 Å². The fraction of sp³-hybridized carbons (Fsp3) is 0.188. The molecule has 0 spiro atoms. The van der Waals surface area contributed by atoms with Crippen molar-refractivity contribution < 1.29 is 9.47 Å². The zero-order valence-electron chi connectivity index (χ0n) is 11.4. The quantitative estimate of drug-likeness (QED) is 0.756. The molecule has 0 saturated heterocycles. The van der Waals surface area contributed by atoms with Gasteiger partial charge in [-0.1, -0.05) is 6.07 Å². The summed E-state index contributed by atoms with van der Waals surface area (Å²) in [5, 5.41) is 0. The summed E-state index contributed by atoms with van der Waals surface area (Å²) in [6, 6.07) is 11.9. The second kappa shape index (κ2) is 4.79. The molecule has 0 fully saturated rings. The molecule has 4 rings (SSSR count). The highest BCUT2D eigenvalue weighted by Gasteiger charge is 2.14. The predicted octanol–water partition coefficient (Wildman–Crippen LogP) is 2.46. The van der Waals surface area contributed by atoms with Crippen LogP contribution in [0.1, 0.15) is 5.56 Å². The average Bonchev–Trinajstić information content (AvgIpc) is 2.97. The van der Waals surface area contributed by atoms with E-state index in [1.165, 1.54) is 0 Å². The van der Waals surface area contributed by atoms with Crippen LogP contribution in [0.15, 0.2) is 36.4 Å². The molecule has 106 valence electrons. The number of aromatic nitrogens is 2. The van der Waals surface area contributed by atoms with Gasteiger partial charge in [-0.3, -0.25) is 0 Å². The standard InChI is InChI=1S/C16H15N3O2/c17-9-10-1-3-12-13(7-10)19-16(18-12)11-2-4-14-15(8-11)21-6-5-20-14/h1-4,7-8H,5-6,9,17H2,(H,18,19). The molecule has 0 saturated carbocycles. The number of hydrogen-bond donors (Lipinski definition) is 2. The molecule has 2 heterocycles. The Morgan fingerprint density at radius 2 is 1.90 bits per heavy atom. The molecule has 1 aliphatic rings. The van der Waals surface area contributed by atoms with Gasteiger partial charge in [0.15, 0.2) is 11.5 Å². The highest BCUT2D eigenvalue weighted by atomic mass is 16.6. The van der Waals surface area contributed by atoms with Gasteiger partial charge in [-0.25, -0.2) is 4.98 Å². The first-order valence-corrected chi connectivity index (χ1v) is 6.92. The third-order valence-corrected chi connectivity index (χ3v) is 3.60. The zero-order valence-corrected chi connectivity index (χ0v) is 11.4. The highest BCUT2D eigenvalue weighted by molar-refractivity contribution is 5.80. The van der Waals surface area contributed by atoms with Crippen molar-refractivity contribution in [1.82, 2.24) is 9.97 Å². The predicted molar refractivity (Wildman–Crippen MR) is 80.4 cm³/mol. The third-order valence-electron chi connectivity index (χ3n) is 3.60. The first-order valence-electron chi connectivity index (χ1n) is 6.92. The second-order valence-electron chi connectivity index (χ2n) is 5.00. The lowest BCUT2D eigenvalue weighted by Gasteiger charge is -2.18. The lowest BCUT2D eigenvalue weighted by atomic mass is 10.2. The van der Waals surface area contributed by atoms with Crippen molar-refractivity contribution in [3.63, 3.8) is 0 Å². The smallest absolute Gasteiger partial charge is 0.162 e. The summed E-state index contributed by atoms with van der Waals surface area (Å²) in [4.78, 5) is 7.94. The van der Waals surface area contributed by atoms with Gasteiger partial charge < -0.3 is 20.2 Å². The summed E-state index contributed by atoms with van der Waals surface area (Å²) in [7, 11) is 0. The molecule has 0 radical (unpaired) electrons. The minimum atomic E-state index is 0.522. The number of nitrogens with two attached hydrogens (primary N) is 1. The van der Waals surface area contributed by atoms with Gasteiger partial charge in [0.2, 0.25) is 0 Å². The minimum Gasteiger partial charge on any atom is -0.486 e. The lowest BCUT2D eigenvalue weighted by Crippen LogP contribution is -2.15. The number of nitrogens with zero attached hydrogens (tertiary/aromatic N) is 1. The van der Waals surface area contributed by atoms with Crippen molar-refractivity contribution in [3.05, 3.63) is 42.0 Å². The molecule has 1 aromatic heterocycles. The molecule has 0 unspecified atom stereocenters. The van der Waals surface area contributed by atoms with Crippen molar-refractivity contribution in [2.24, 2.45) is 5.73 Å². The maximum absolute atomic E-state index is 5.67. The number of nitrogens with one attached hydrogen (secondary N) is 1. The maximum atomic E-state index is 5.67. The fourth-order valence-corrected chi connectivity index (χ4v) is 2.51. The lowest BCUT2D eigenvalue weighted by molar-refractivity contribution is 0.171. The number of ether oxygens (including phenoxy) is 2. The van der Waals surface area contributed by atoms with Crippen molar-refractivity contribution in [2.45, 2.75) is 6.54 Å². The van der Waals surface area contributed by atoms with Gasteiger partial charge in [-0.15, -0.1) is 0 Å². The molecule has 21 heavy (non-hydrogen) atoms. The summed E-state index contributed by atoms with van der Waals surface area (Å²) in [5.74, 6) is 2.37. The van der Waals surface area contributed by atoms with Crippen LogP contribution < -0.4 is 15.2 Å². The number of aromatic amines is 1. The van der Waals surface area contributed by atoms with Crippen LogP contribution in [-0.4, -0.2) is 23.2 Å². The van der Waals surface area contributed by atoms with Gasteiger partial charge in [0.05, 0.1) is 11.0 Å². The summed E-state index contributed by atoms with van der Waals surface area (Å²) in [6.07, 6.45) is 0. The second-order valence-corrected chi connectivity index (χ2v) is 5.00. The molecule has 5 nitrogen and oxygen atoms in total. The molecule has 0 bridgehead atoms. The number of hydrogen-bond acceptors (Lipinski definition) is 4. The van der Waals surface area contributed by atoms with Crippen molar-refractivity contribution in [1.29, 1.82) is 0 Å². The van der Waals surface area contributed by atoms with E-state index in [1.54, 1.807) is 0 Å². The molecule has 0 amide bonds. The molecule has 5 heteroatoms. The summed E-state index contributed by atoms with van der Waals surface area (Å²) in [5.41, 5.74) is 9.65. The Kier molecular flexibility index (Phi) is 2.79. The van der Waals surface area contributed by atoms with E-state index in [0.717, 1.165) is 39.5 Å². The van der Waals surface area contributed by atoms with Crippen LogP contribution in [0.25, 0.3) is 22.4 Å². The molecule has 0 atom stereocenters. The Bertz CT molecular complexity index is 810. The van der Waals surface area contributed by atoms with Crippen LogP contribution in [-0.2, 0) is 6.54 Å². The Labute approximate surface area is 121 Å². The molecule has 3 N–H and O–H groups in total. The van der Waals surface area contributed by atoms with E-state index < -0.39 is 0 Å². The average molecular weight is 281 g/mol. The van der Waals surface area contributed by atoms with Gasteiger partial charge >= 0.3 is 0 Å². The van der Waals surface area contributed by atoms with Crippen LogP contribution in [0, 0.1) is 0 Å². The SMILES string of the molecule is NCc1ccc2nc(-c3ccc4c(c3)OCCO4)[nH]c2c1. The van der Waals surface area contributed by atoms with Crippen LogP contribution in [0.3, 0.4) is 0 Å². The monoisotopic (exact) mass is 281 g/mol. The van der Waals surface area contributed by atoms with Crippen LogP contribution in [0.2, 0.25) is 0 Å². The van der Waals surface area contributed by atoms with Crippen LogP contribution in [0.5, 0.6) is 11.5 Å².